The molecule has 2 aromatic rings. The van der Waals surface area contributed by atoms with Crippen LogP contribution >= 0.6 is 11.3 Å². The zero-order valence-electron chi connectivity index (χ0n) is 11.9. The largest absolute Gasteiger partial charge is 0.340 e. The predicted molar refractivity (Wildman–Crippen MR) is 83.8 cm³/mol. The van der Waals surface area contributed by atoms with Gasteiger partial charge in [-0.3, -0.25) is 4.79 Å². The highest BCUT2D eigenvalue weighted by atomic mass is 32.1. The van der Waals surface area contributed by atoms with Gasteiger partial charge in [-0.15, -0.1) is 11.3 Å². The first-order valence-electron chi connectivity index (χ1n) is 6.66. The monoisotopic (exact) mass is 288 g/mol. The minimum Gasteiger partial charge on any atom is -0.340 e. The van der Waals surface area contributed by atoms with E-state index >= 15 is 0 Å². The summed E-state index contributed by atoms with van der Waals surface area (Å²) in [4.78, 5) is 15.6. The zero-order chi connectivity index (χ0) is 14.5. The maximum absolute atomic E-state index is 12.6. The second-order valence-electron chi connectivity index (χ2n) is 4.92. The number of aryl methyl sites for hydroxylation is 1. The van der Waals surface area contributed by atoms with E-state index < -0.39 is 0 Å². The molecule has 4 heteroatoms. The van der Waals surface area contributed by atoms with E-state index in [-0.39, 0.29) is 11.8 Å². The predicted octanol–water partition coefficient (Wildman–Crippen LogP) is 2.76. The van der Waals surface area contributed by atoms with Gasteiger partial charge in [0.1, 0.15) is 0 Å². The Morgan fingerprint density at radius 3 is 2.55 bits per heavy atom. The van der Waals surface area contributed by atoms with Crippen LogP contribution in [-0.2, 0) is 11.3 Å². The zero-order valence-corrected chi connectivity index (χ0v) is 12.7. The molecule has 0 saturated heterocycles. The molecule has 0 aliphatic rings. The van der Waals surface area contributed by atoms with E-state index in [2.05, 4.69) is 18.4 Å². The number of amides is 1. The van der Waals surface area contributed by atoms with Gasteiger partial charge in [-0.05, 0) is 29.5 Å². The molecule has 1 aromatic heterocycles. The van der Waals surface area contributed by atoms with E-state index in [1.54, 1.807) is 16.2 Å². The Bertz CT molecular complexity index is 565. The molecule has 106 valence electrons. The Labute approximate surface area is 124 Å². The third-order valence-corrected chi connectivity index (χ3v) is 4.47. The quantitative estimate of drug-likeness (QED) is 0.919. The fraction of sp³-hybridized carbons (Fsp3) is 0.312. The molecule has 2 rings (SSSR count). The summed E-state index contributed by atoms with van der Waals surface area (Å²) in [7, 11) is 1.84. The molecular formula is C16H20N2OS. The van der Waals surface area contributed by atoms with Crippen molar-refractivity contribution in [3.8, 4) is 0 Å². The summed E-state index contributed by atoms with van der Waals surface area (Å²) < 4.78 is 0. The van der Waals surface area contributed by atoms with Crippen LogP contribution < -0.4 is 5.73 Å². The van der Waals surface area contributed by atoms with Crippen LogP contribution in [0.15, 0.2) is 41.8 Å². The number of thiophene rings is 1. The number of hydrogen-bond acceptors (Lipinski definition) is 3. The number of likely N-dealkylation sites (N-methyl/N-ethyl adjacent to an activating group) is 1. The topological polar surface area (TPSA) is 46.3 Å². The molecule has 0 fully saturated rings. The van der Waals surface area contributed by atoms with Crippen molar-refractivity contribution in [2.75, 3.05) is 13.6 Å². The lowest BCUT2D eigenvalue weighted by Gasteiger charge is -2.23. The van der Waals surface area contributed by atoms with Gasteiger partial charge in [0.2, 0.25) is 5.91 Å². The highest BCUT2D eigenvalue weighted by Gasteiger charge is 2.22. The normalized spacial score (nSPS) is 12.2. The van der Waals surface area contributed by atoms with Crippen LogP contribution in [0.25, 0.3) is 0 Å². The van der Waals surface area contributed by atoms with Gasteiger partial charge in [-0.1, -0.05) is 30.3 Å². The van der Waals surface area contributed by atoms with Crippen molar-refractivity contribution in [2.24, 2.45) is 5.73 Å². The van der Waals surface area contributed by atoms with Crippen molar-refractivity contribution in [2.45, 2.75) is 19.4 Å². The van der Waals surface area contributed by atoms with E-state index in [9.17, 15) is 4.79 Å². The van der Waals surface area contributed by atoms with Gasteiger partial charge < -0.3 is 10.6 Å². The van der Waals surface area contributed by atoms with Gasteiger partial charge in [0.15, 0.2) is 0 Å². The number of nitrogens with zero attached hydrogens (tertiary/aromatic N) is 1. The van der Waals surface area contributed by atoms with Crippen molar-refractivity contribution in [3.63, 3.8) is 0 Å². The van der Waals surface area contributed by atoms with Gasteiger partial charge >= 0.3 is 0 Å². The number of rotatable bonds is 5. The lowest BCUT2D eigenvalue weighted by molar-refractivity contribution is -0.131. The Hall–Kier alpha value is -1.65. The van der Waals surface area contributed by atoms with Crippen molar-refractivity contribution in [1.82, 2.24) is 4.90 Å². The Balaban J connectivity index is 2.11. The third kappa shape index (κ3) is 3.26. The average molecular weight is 288 g/mol. The molecule has 20 heavy (non-hydrogen) atoms. The van der Waals surface area contributed by atoms with Gasteiger partial charge in [0.05, 0.1) is 12.5 Å². The smallest absolute Gasteiger partial charge is 0.231 e. The number of carbonyl (C=O) groups excluding carboxylic acids is 1. The Morgan fingerprint density at radius 1 is 1.30 bits per heavy atom. The van der Waals surface area contributed by atoms with Crippen LogP contribution in [0.5, 0.6) is 0 Å². The number of carbonyl (C=O) groups is 1. The molecule has 0 aliphatic carbocycles. The molecule has 1 amide bonds. The van der Waals surface area contributed by atoms with Gasteiger partial charge in [0.25, 0.3) is 0 Å². The second kappa shape index (κ2) is 6.68. The summed E-state index contributed by atoms with van der Waals surface area (Å²) in [6.07, 6.45) is 0. The van der Waals surface area contributed by atoms with Gasteiger partial charge in [-0.2, -0.15) is 0 Å². The van der Waals surface area contributed by atoms with E-state index in [1.165, 1.54) is 10.4 Å². The van der Waals surface area contributed by atoms with E-state index in [0.717, 1.165) is 5.56 Å². The van der Waals surface area contributed by atoms with Crippen LogP contribution in [0.2, 0.25) is 0 Å². The summed E-state index contributed by atoms with van der Waals surface area (Å²) in [5.41, 5.74) is 8.02. The Morgan fingerprint density at radius 2 is 2.00 bits per heavy atom. The van der Waals surface area contributed by atoms with Crippen molar-refractivity contribution in [1.29, 1.82) is 0 Å². The maximum Gasteiger partial charge on any atom is 0.231 e. The summed E-state index contributed by atoms with van der Waals surface area (Å²) >= 11 is 1.69. The lowest BCUT2D eigenvalue weighted by atomic mass is 9.98. The first-order chi connectivity index (χ1) is 9.63. The van der Waals surface area contributed by atoms with Crippen LogP contribution in [0, 0.1) is 6.92 Å². The highest BCUT2D eigenvalue weighted by molar-refractivity contribution is 7.10. The molecule has 0 spiro atoms. The molecule has 1 atom stereocenters. The van der Waals surface area contributed by atoms with E-state index in [0.29, 0.717) is 13.1 Å². The van der Waals surface area contributed by atoms with Gasteiger partial charge in [-0.25, -0.2) is 0 Å². The molecule has 1 aromatic carbocycles. The van der Waals surface area contributed by atoms with Crippen molar-refractivity contribution < 1.29 is 4.79 Å². The molecule has 2 N–H and O–H groups in total. The van der Waals surface area contributed by atoms with E-state index in [4.69, 9.17) is 5.73 Å². The average Bonchev–Trinajstić information content (AvgIpc) is 2.86. The maximum atomic E-state index is 12.6. The van der Waals surface area contributed by atoms with Crippen molar-refractivity contribution in [3.05, 3.63) is 57.8 Å². The molecule has 3 nitrogen and oxygen atoms in total. The third-order valence-electron chi connectivity index (χ3n) is 3.46. The fourth-order valence-electron chi connectivity index (χ4n) is 2.19. The first-order valence-corrected chi connectivity index (χ1v) is 7.54. The minimum absolute atomic E-state index is 0.0755. The summed E-state index contributed by atoms with van der Waals surface area (Å²) in [5.74, 6) is -0.187. The molecular weight excluding hydrogens is 268 g/mol. The molecule has 1 unspecified atom stereocenters. The molecule has 1 heterocycles. The number of nitrogens with two attached hydrogens (primary N) is 1. The summed E-state index contributed by atoms with van der Waals surface area (Å²) in [5, 5.41) is 2.06. The SMILES string of the molecule is Cc1ccsc1CN(C)C(=O)C(CN)c1ccccc1. The molecule has 0 radical (unpaired) electrons. The van der Waals surface area contributed by atoms with Gasteiger partial charge in [0, 0.05) is 18.5 Å². The first kappa shape index (κ1) is 14.8. The Kier molecular flexibility index (Phi) is 4.93. The molecule has 0 saturated carbocycles. The standard InChI is InChI=1S/C16H20N2OS/c1-12-8-9-20-15(12)11-18(2)16(19)14(10-17)13-6-4-3-5-7-13/h3-9,14H,10-11,17H2,1-2H3. The van der Waals surface area contributed by atoms with Crippen molar-refractivity contribution >= 4 is 17.2 Å². The number of hydrogen-bond donors (Lipinski definition) is 1. The van der Waals surface area contributed by atoms with Crippen LogP contribution in [0.4, 0.5) is 0 Å². The fourth-order valence-corrected chi connectivity index (χ4v) is 3.15. The van der Waals surface area contributed by atoms with Crippen LogP contribution in [-0.4, -0.2) is 24.4 Å². The highest BCUT2D eigenvalue weighted by Crippen LogP contribution is 2.21. The summed E-state index contributed by atoms with van der Waals surface area (Å²) in [6, 6.07) is 11.8. The minimum atomic E-state index is -0.263. The summed E-state index contributed by atoms with van der Waals surface area (Å²) in [6.45, 7) is 3.05. The number of benzene rings is 1. The second-order valence-corrected chi connectivity index (χ2v) is 5.92. The van der Waals surface area contributed by atoms with E-state index in [1.807, 2.05) is 37.4 Å². The lowest BCUT2D eigenvalue weighted by Crippen LogP contribution is -2.34. The van der Waals surface area contributed by atoms with Crippen LogP contribution in [0.1, 0.15) is 21.9 Å². The van der Waals surface area contributed by atoms with Crippen LogP contribution in [0.3, 0.4) is 0 Å². The molecule has 0 bridgehead atoms. The molecule has 0 aliphatic heterocycles.